The zero-order valence-electron chi connectivity index (χ0n) is 32.3. The van der Waals surface area contributed by atoms with Crippen LogP contribution >= 0.6 is 11.8 Å². The van der Waals surface area contributed by atoms with Crippen LogP contribution in [0.5, 0.6) is 0 Å². The van der Waals surface area contributed by atoms with Gasteiger partial charge in [0, 0.05) is 26.1 Å². The van der Waals surface area contributed by atoms with E-state index >= 15 is 0 Å². The molecule has 58 heavy (non-hydrogen) atoms. The number of hydrogen-bond acceptors (Lipinski definition) is 16. The molecule has 0 aromatic heterocycles. The number of carbonyl (C=O) groups excluding carboxylic acids is 9. The van der Waals surface area contributed by atoms with E-state index in [0.717, 1.165) is 11.8 Å². The SMILES string of the molecule is C/C1=C2/C[C@H](NC(=O)CNC(=O)CNC(=O)CNC(=O)[C@@H](NC(=O)CN)C1)C(=O)NCC(=O)NC(C(=O)NCCOCCOCCOCCNC(=O)COCCN)S2. The van der Waals surface area contributed by atoms with Crippen molar-refractivity contribution < 1.29 is 62.1 Å². The highest BCUT2D eigenvalue weighted by Gasteiger charge is 2.32. The van der Waals surface area contributed by atoms with Gasteiger partial charge in [-0.15, -0.1) is 0 Å². The van der Waals surface area contributed by atoms with Gasteiger partial charge < -0.3 is 78.3 Å². The molecule has 2 bridgehead atoms. The van der Waals surface area contributed by atoms with Gasteiger partial charge in [-0.1, -0.05) is 17.3 Å². The van der Waals surface area contributed by atoms with Gasteiger partial charge in [-0.05, 0) is 18.2 Å². The Labute approximate surface area is 338 Å². The maximum absolute atomic E-state index is 13.4. The number of carbonyl (C=O) groups is 9. The summed E-state index contributed by atoms with van der Waals surface area (Å²) < 4.78 is 21.4. The minimum Gasteiger partial charge on any atom is -0.377 e. The second kappa shape index (κ2) is 28.5. The van der Waals surface area contributed by atoms with E-state index in [9.17, 15) is 43.2 Å². The molecule has 0 aliphatic carbocycles. The van der Waals surface area contributed by atoms with Crippen molar-refractivity contribution in [2.24, 2.45) is 11.5 Å². The van der Waals surface area contributed by atoms with Gasteiger partial charge >= 0.3 is 0 Å². The molecule has 326 valence electrons. The summed E-state index contributed by atoms with van der Waals surface area (Å²) in [5.74, 6) is -6.08. The van der Waals surface area contributed by atoms with Gasteiger partial charge in [0.05, 0.1) is 79.0 Å². The van der Waals surface area contributed by atoms with Crippen LogP contribution in [0.1, 0.15) is 19.8 Å². The van der Waals surface area contributed by atoms with Crippen LogP contribution in [0.4, 0.5) is 0 Å². The molecular weight excluding hydrogens is 790 g/mol. The molecule has 0 saturated carbocycles. The molecule has 0 aromatic carbocycles. The molecule has 1 fully saturated rings. The van der Waals surface area contributed by atoms with Crippen molar-refractivity contribution in [3.8, 4) is 0 Å². The van der Waals surface area contributed by atoms with Gasteiger partial charge in [0.1, 0.15) is 18.7 Å². The molecule has 1 saturated heterocycles. The predicted molar refractivity (Wildman–Crippen MR) is 205 cm³/mol. The van der Waals surface area contributed by atoms with E-state index in [4.69, 9.17) is 30.4 Å². The lowest BCUT2D eigenvalue weighted by Gasteiger charge is -2.27. The summed E-state index contributed by atoms with van der Waals surface area (Å²) in [5.41, 5.74) is 11.1. The number of nitrogens with one attached hydrogen (secondary N) is 9. The van der Waals surface area contributed by atoms with Crippen LogP contribution in [-0.2, 0) is 62.1 Å². The van der Waals surface area contributed by atoms with Gasteiger partial charge in [0.15, 0.2) is 5.37 Å². The molecule has 25 heteroatoms. The van der Waals surface area contributed by atoms with Gasteiger partial charge in [0.25, 0.3) is 5.91 Å². The van der Waals surface area contributed by atoms with E-state index in [0.29, 0.717) is 36.8 Å². The fourth-order valence-electron chi connectivity index (χ4n) is 4.84. The zero-order valence-corrected chi connectivity index (χ0v) is 33.1. The lowest BCUT2D eigenvalue weighted by atomic mass is 10.0. The van der Waals surface area contributed by atoms with Crippen molar-refractivity contribution in [2.45, 2.75) is 37.2 Å². The van der Waals surface area contributed by atoms with E-state index in [2.05, 4.69) is 47.9 Å². The van der Waals surface area contributed by atoms with Crippen LogP contribution in [0.25, 0.3) is 0 Å². The van der Waals surface area contributed by atoms with E-state index < -0.39 is 97.4 Å². The second-order valence-corrected chi connectivity index (χ2v) is 13.6. The van der Waals surface area contributed by atoms with Crippen molar-refractivity contribution in [2.75, 3.05) is 105 Å². The largest absolute Gasteiger partial charge is 0.377 e. The molecule has 13 N–H and O–H groups in total. The molecule has 0 radical (unpaired) electrons. The number of nitrogens with two attached hydrogens (primary N) is 2. The highest BCUT2D eigenvalue weighted by atomic mass is 32.2. The normalized spacial score (nSPS) is 21.5. The van der Waals surface area contributed by atoms with Crippen molar-refractivity contribution >= 4 is 64.9 Å². The molecule has 9 amide bonds. The lowest BCUT2D eigenvalue weighted by Crippen LogP contribution is -2.54. The Balaban J connectivity index is 2.06. The summed E-state index contributed by atoms with van der Waals surface area (Å²) in [5, 5.41) is 21.0. The molecule has 2 aliphatic rings. The van der Waals surface area contributed by atoms with Gasteiger partial charge in [-0.25, -0.2) is 0 Å². The highest BCUT2D eigenvalue weighted by molar-refractivity contribution is 8.04. The Morgan fingerprint density at radius 3 is 1.84 bits per heavy atom. The first-order chi connectivity index (χ1) is 27.8. The molecule has 2 rings (SSSR count). The summed E-state index contributed by atoms with van der Waals surface area (Å²) in [7, 11) is 0. The topological polar surface area (TPSA) is 351 Å². The first kappa shape index (κ1) is 49.2. The molecule has 0 spiro atoms. The fraction of sp³-hybridized carbons (Fsp3) is 0.667. The number of hydrogen-bond donors (Lipinski definition) is 11. The van der Waals surface area contributed by atoms with Gasteiger partial charge in [0.2, 0.25) is 47.3 Å². The second-order valence-electron chi connectivity index (χ2n) is 12.4. The first-order valence-electron chi connectivity index (χ1n) is 18.4. The van der Waals surface area contributed by atoms with E-state index in [1.165, 1.54) is 0 Å². The van der Waals surface area contributed by atoms with Crippen LogP contribution in [-0.4, -0.2) is 176 Å². The number of amides is 9. The summed E-state index contributed by atoms with van der Waals surface area (Å²) in [6.45, 7) is 1.25. The zero-order chi connectivity index (χ0) is 42.7. The van der Waals surface area contributed by atoms with Crippen molar-refractivity contribution in [1.82, 2.24) is 47.9 Å². The molecule has 0 aromatic rings. The van der Waals surface area contributed by atoms with Gasteiger partial charge in [-0.3, -0.25) is 43.2 Å². The number of fused-ring (bicyclic) bond motifs is 2. The van der Waals surface area contributed by atoms with Crippen LogP contribution in [0.2, 0.25) is 0 Å². The molecule has 2 aliphatic heterocycles. The van der Waals surface area contributed by atoms with Crippen molar-refractivity contribution in [3.05, 3.63) is 10.5 Å². The van der Waals surface area contributed by atoms with Crippen LogP contribution in [0.3, 0.4) is 0 Å². The monoisotopic (exact) mass is 845 g/mol. The number of ether oxygens (including phenoxy) is 4. The fourth-order valence-corrected chi connectivity index (χ4v) is 6.05. The number of thioether (sulfide) groups is 1. The Bertz CT molecular complexity index is 1470. The summed E-state index contributed by atoms with van der Waals surface area (Å²) in [4.78, 5) is 114. The Kier molecular flexibility index (Phi) is 24.2. The minimum absolute atomic E-state index is 0.0397. The van der Waals surface area contributed by atoms with Crippen LogP contribution < -0.4 is 59.3 Å². The lowest BCUT2D eigenvalue weighted by molar-refractivity contribution is -0.131. The third-order valence-corrected chi connectivity index (χ3v) is 9.11. The maximum atomic E-state index is 13.4. The Morgan fingerprint density at radius 1 is 0.655 bits per heavy atom. The summed E-state index contributed by atoms with van der Waals surface area (Å²) >= 11 is 0.854. The maximum Gasteiger partial charge on any atom is 0.253 e. The smallest absolute Gasteiger partial charge is 0.253 e. The van der Waals surface area contributed by atoms with E-state index in [1.54, 1.807) is 6.92 Å². The number of rotatable bonds is 19. The Morgan fingerprint density at radius 2 is 1.21 bits per heavy atom. The quantitative estimate of drug-likeness (QED) is 0.0538. The minimum atomic E-state index is -1.31. The van der Waals surface area contributed by atoms with E-state index in [1.807, 2.05) is 0 Å². The Hall–Kier alpha value is -4.92. The molecule has 24 nitrogen and oxygen atoms in total. The predicted octanol–water partition coefficient (Wildman–Crippen LogP) is -7.11. The summed E-state index contributed by atoms with van der Waals surface area (Å²) in [6.07, 6.45) is -0.422. The average molecular weight is 846 g/mol. The third-order valence-electron chi connectivity index (χ3n) is 7.75. The standard InChI is InChI=1S/C33H55N11O13S/c1-20-12-21(42-24(45)14-35)30(51)40-16-26(47)38-15-25(46)39-17-27(48)43-22-13-23(20)58-33(44-28(49)18-41-31(22)52)32(53)37-4-7-55-9-11-56-10-8-54-6-3-36-29(50)19-57-5-2-34/h21-22,33H,2-19,34-35H2,1H3,(H,36,50)(H,37,53)(H,38,47)(H,39,46)(H,40,51)(H,41,52)(H,42,45)(H,43,48)(H,44,49)/b23-20+/t21-,22-,33?/m0/s1. The highest BCUT2D eigenvalue weighted by Crippen LogP contribution is 2.31. The first-order valence-corrected chi connectivity index (χ1v) is 19.3. The van der Waals surface area contributed by atoms with Crippen molar-refractivity contribution in [1.29, 1.82) is 0 Å². The van der Waals surface area contributed by atoms with E-state index in [-0.39, 0.29) is 64.9 Å². The van der Waals surface area contributed by atoms with Gasteiger partial charge in [-0.2, -0.15) is 0 Å². The molecule has 3 atom stereocenters. The molecule has 1 unspecified atom stereocenters. The van der Waals surface area contributed by atoms with Crippen molar-refractivity contribution in [3.63, 3.8) is 0 Å². The van der Waals surface area contributed by atoms with Crippen LogP contribution in [0.15, 0.2) is 10.5 Å². The van der Waals surface area contributed by atoms with Crippen LogP contribution in [0, 0.1) is 0 Å². The molecular formula is C33H55N11O13S. The average Bonchev–Trinajstić information content (AvgIpc) is 3.20. The molecule has 2 heterocycles. The third kappa shape index (κ3) is 21.0. The summed E-state index contributed by atoms with van der Waals surface area (Å²) in [6, 6.07) is -2.59.